The molecule has 0 spiro atoms. The summed E-state index contributed by atoms with van der Waals surface area (Å²) in [5.41, 5.74) is 1.71. The van der Waals surface area contributed by atoms with E-state index in [0.29, 0.717) is 5.02 Å². The van der Waals surface area contributed by atoms with Crippen LogP contribution in [-0.2, 0) is 6.54 Å². The van der Waals surface area contributed by atoms with Gasteiger partial charge in [0.05, 0.1) is 12.3 Å². The van der Waals surface area contributed by atoms with E-state index >= 15 is 0 Å². The standard InChI is InChI=1S/C13H13ClN4/c1-2-18-9-10(8-16-18)13(7-15)17-12-5-3-11(14)4-6-12/h3-6,8-9,13,17H,2H2,1H3. The third-order valence-electron chi connectivity index (χ3n) is 2.59. The fourth-order valence-electron chi connectivity index (χ4n) is 1.60. The summed E-state index contributed by atoms with van der Waals surface area (Å²) in [5.74, 6) is 0. The molecule has 0 aliphatic heterocycles. The number of rotatable bonds is 4. The number of halogens is 1. The molecule has 1 aromatic heterocycles. The van der Waals surface area contributed by atoms with Crippen molar-refractivity contribution in [3.05, 3.63) is 47.2 Å². The summed E-state index contributed by atoms with van der Waals surface area (Å²) in [6.45, 7) is 2.80. The van der Waals surface area contributed by atoms with Gasteiger partial charge in [0.15, 0.2) is 0 Å². The van der Waals surface area contributed by atoms with Gasteiger partial charge in [0.25, 0.3) is 0 Å². The molecule has 1 atom stereocenters. The molecule has 0 amide bonds. The molecular weight excluding hydrogens is 248 g/mol. The topological polar surface area (TPSA) is 53.6 Å². The molecule has 1 N–H and O–H groups in total. The first kappa shape index (κ1) is 12.5. The highest BCUT2D eigenvalue weighted by molar-refractivity contribution is 6.30. The Hall–Kier alpha value is -1.99. The lowest BCUT2D eigenvalue weighted by atomic mass is 10.1. The van der Waals surface area contributed by atoms with Crippen LogP contribution in [-0.4, -0.2) is 9.78 Å². The van der Waals surface area contributed by atoms with Gasteiger partial charge in [0.2, 0.25) is 0 Å². The van der Waals surface area contributed by atoms with Crippen LogP contribution in [0.2, 0.25) is 5.02 Å². The number of nitriles is 1. The minimum atomic E-state index is -0.411. The predicted molar refractivity (Wildman–Crippen MR) is 71.3 cm³/mol. The van der Waals surface area contributed by atoms with Crippen molar-refractivity contribution in [2.45, 2.75) is 19.5 Å². The smallest absolute Gasteiger partial charge is 0.143 e. The summed E-state index contributed by atoms with van der Waals surface area (Å²) in [7, 11) is 0. The Balaban J connectivity index is 2.14. The molecule has 2 aromatic rings. The largest absolute Gasteiger partial charge is 0.366 e. The number of benzene rings is 1. The molecule has 0 saturated carbocycles. The first-order chi connectivity index (χ1) is 8.72. The molecule has 0 aliphatic rings. The number of nitrogens with zero attached hydrogens (tertiary/aromatic N) is 3. The second-order valence-corrected chi connectivity index (χ2v) is 4.28. The van der Waals surface area contributed by atoms with Crippen LogP contribution in [0.4, 0.5) is 5.69 Å². The Morgan fingerprint density at radius 2 is 2.17 bits per heavy atom. The monoisotopic (exact) mass is 260 g/mol. The Morgan fingerprint density at radius 1 is 1.44 bits per heavy atom. The van der Waals surface area contributed by atoms with Gasteiger partial charge in [-0.25, -0.2) is 0 Å². The highest BCUT2D eigenvalue weighted by Gasteiger charge is 2.12. The van der Waals surface area contributed by atoms with Gasteiger partial charge in [-0.3, -0.25) is 4.68 Å². The lowest BCUT2D eigenvalue weighted by Gasteiger charge is -2.11. The molecule has 4 nitrogen and oxygen atoms in total. The lowest BCUT2D eigenvalue weighted by molar-refractivity contribution is 0.659. The Bertz CT molecular complexity index is 553. The van der Waals surface area contributed by atoms with Crippen molar-refractivity contribution in [3.8, 4) is 6.07 Å². The first-order valence-corrected chi connectivity index (χ1v) is 6.05. The normalized spacial score (nSPS) is 11.8. The van der Waals surface area contributed by atoms with Gasteiger partial charge in [-0.15, -0.1) is 0 Å². The van der Waals surface area contributed by atoms with E-state index in [1.54, 1.807) is 23.0 Å². The second-order valence-electron chi connectivity index (χ2n) is 3.84. The van der Waals surface area contributed by atoms with Crippen molar-refractivity contribution in [1.82, 2.24) is 9.78 Å². The fraction of sp³-hybridized carbons (Fsp3) is 0.231. The van der Waals surface area contributed by atoms with Gasteiger partial charge in [-0.2, -0.15) is 10.4 Å². The molecule has 92 valence electrons. The van der Waals surface area contributed by atoms with Gasteiger partial charge in [0.1, 0.15) is 6.04 Å². The number of nitrogens with one attached hydrogen (secondary N) is 1. The molecule has 0 bridgehead atoms. The van der Waals surface area contributed by atoms with Crippen molar-refractivity contribution in [1.29, 1.82) is 5.26 Å². The van der Waals surface area contributed by atoms with Gasteiger partial charge in [0, 0.05) is 29.0 Å². The molecule has 0 radical (unpaired) electrons. The highest BCUT2D eigenvalue weighted by Crippen LogP contribution is 2.20. The zero-order chi connectivity index (χ0) is 13.0. The van der Waals surface area contributed by atoms with Crippen LogP contribution in [0.1, 0.15) is 18.5 Å². The fourth-order valence-corrected chi connectivity index (χ4v) is 1.73. The van der Waals surface area contributed by atoms with Crippen LogP contribution in [0.25, 0.3) is 0 Å². The maximum Gasteiger partial charge on any atom is 0.143 e. The van der Waals surface area contributed by atoms with Crippen LogP contribution >= 0.6 is 11.6 Å². The lowest BCUT2D eigenvalue weighted by Crippen LogP contribution is -2.07. The van der Waals surface area contributed by atoms with Crippen molar-refractivity contribution in [3.63, 3.8) is 0 Å². The van der Waals surface area contributed by atoms with E-state index in [2.05, 4.69) is 16.5 Å². The average molecular weight is 261 g/mol. The van der Waals surface area contributed by atoms with E-state index in [0.717, 1.165) is 17.8 Å². The van der Waals surface area contributed by atoms with E-state index in [4.69, 9.17) is 11.6 Å². The summed E-state index contributed by atoms with van der Waals surface area (Å²) in [5, 5.41) is 17.2. The van der Waals surface area contributed by atoms with Crippen LogP contribution in [0.3, 0.4) is 0 Å². The maximum atomic E-state index is 9.20. The highest BCUT2D eigenvalue weighted by atomic mass is 35.5. The maximum absolute atomic E-state index is 9.20. The molecule has 0 aliphatic carbocycles. The molecular formula is C13H13ClN4. The van der Waals surface area contributed by atoms with Crippen molar-refractivity contribution in [2.75, 3.05) is 5.32 Å². The summed E-state index contributed by atoms with van der Waals surface area (Å²) in [6, 6.07) is 9.07. The van der Waals surface area contributed by atoms with Crippen LogP contribution in [0, 0.1) is 11.3 Å². The molecule has 18 heavy (non-hydrogen) atoms. The van der Waals surface area contributed by atoms with Crippen LogP contribution in [0.5, 0.6) is 0 Å². The molecule has 5 heteroatoms. The quantitative estimate of drug-likeness (QED) is 0.918. The summed E-state index contributed by atoms with van der Waals surface area (Å²) >= 11 is 5.82. The third kappa shape index (κ3) is 2.82. The molecule has 1 aromatic carbocycles. The van der Waals surface area contributed by atoms with Gasteiger partial charge < -0.3 is 5.32 Å². The van der Waals surface area contributed by atoms with E-state index < -0.39 is 6.04 Å². The van der Waals surface area contributed by atoms with E-state index in [9.17, 15) is 5.26 Å². The number of aromatic nitrogens is 2. The number of hydrogen-bond acceptors (Lipinski definition) is 3. The average Bonchev–Trinajstić information content (AvgIpc) is 2.87. The second kappa shape index (κ2) is 5.56. The van der Waals surface area contributed by atoms with E-state index in [-0.39, 0.29) is 0 Å². The van der Waals surface area contributed by atoms with E-state index in [1.165, 1.54) is 0 Å². The Labute approximate surface area is 111 Å². The third-order valence-corrected chi connectivity index (χ3v) is 2.85. The number of aryl methyl sites for hydroxylation is 1. The van der Waals surface area contributed by atoms with E-state index in [1.807, 2.05) is 25.3 Å². The molecule has 0 saturated heterocycles. The summed E-state index contributed by atoms with van der Waals surface area (Å²) in [4.78, 5) is 0. The van der Waals surface area contributed by atoms with Gasteiger partial charge in [-0.05, 0) is 31.2 Å². The van der Waals surface area contributed by atoms with Crippen LogP contribution in [0.15, 0.2) is 36.7 Å². The summed E-state index contributed by atoms with van der Waals surface area (Å²) < 4.78 is 1.79. The van der Waals surface area contributed by atoms with Gasteiger partial charge >= 0.3 is 0 Å². The zero-order valence-electron chi connectivity index (χ0n) is 9.97. The first-order valence-electron chi connectivity index (χ1n) is 5.67. The molecule has 0 fully saturated rings. The minimum absolute atomic E-state index is 0.411. The molecule has 1 heterocycles. The minimum Gasteiger partial charge on any atom is -0.366 e. The predicted octanol–water partition coefficient (Wildman–Crippen LogP) is 3.23. The number of hydrogen-bond donors (Lipinski definition) is 1. The Kier molecular flexibility index (Phi) is 3.85. The van der Waals surface area contributed by atoms with Crippen molar-refractivity contribution in [2.24, 2.45) is 0 Å². The van der Waals surface area contributed by atoms with Gasteiger partial charge in [-0.1, -0.05) is 11.6 Å². The molecule has 1 unspecified atom stereocenters. The number of anilines is 1. The molecule has 2 rings (SSSR count). The SMILES string of the molecule is CCn1cc(C(C#N)Nc2ccc(Cl)cc2)cn1. The zero-order valence-corrected chi connectivity index (χ0v) is 10.7. The van der Waals surface area contributed by atoms with Crippen LogP contribution < -0.4 is 5.32 Å². The Morgan fingerprint density at radius 3 is 2.72 bits per heavy atom. The van der Waals surface area contributed by atoms with Crippen molar-refractivity contribution < 1.29 is 0 Å². The van der Waals surface area contributed by atoms with Crippen molar-refractivity contribution >= 4 is 17.3 Å². The summed E-state index contributed by atoms with van der Waals surface area (Å²) in [6.07, 6.45) is 3.58.